The Morgan fingerprint density at radius 3 is 2.56 bits per heavy atom. The second-order valence-corrected chi connectivity index (χ2v) is 5.12. The van der Waals surface area contributed by atoms with Gasteiger partial charge in [-0.05, 0) is 25.2 Å². The summed E-state index contributed by atoms with van der Waals surface area (Å²) in [5.74, 6) is 0.202. The molecule has 1 atom stereocenters. The lowest BCUT2D eigenvalue weighted by atomic mass is 10.1. The Kier molecular flexibility index (Phi) is 6.72. The lowest BCUT2D eigenvalue weighted by Gasteiger charge is -2.13. The molecule has 0 bridgehead atoms. The predicted molar refractivity (Wildman–Crippen MR) is 68.8 cm³/mol. The van der Waals surface area contributed by atoms with Crippen LogP contribution in [0.25, 0.3) is 0 Å². The molecule has 0 radical (unpaired) electrons. The summed E-state index contributed by atoms with van der Waals surface area (Å²) in [7, 11) is 0. The number of hydrogen-bond donors (Lipinski definition) is 3. The molecule has 0 aromatic carbocycles. The molecule has 18 heavy (non-hydrogen) atoms. The Hall–Kier alpha value is -1.10. The maximum Gasteiger partial charge on any atom is 0.239 e. The zero-order valence-corrected chi connectivity index (χ0v) is 11.1. The van der Waals surface area contributed by atoms with Crippen molar-refractivity contribution in [1.29, 1.82) is 0 Å². The predicted octanol–water partition coefficient (Wildman–Crippen LogP) is 0.427. The van der Waals surface area contributed by atoms with Crippen molar-refractivity contribution in [2.45, 2.75) is 39.0 Å². The number of aliphatic hydroxyl groups is 1. The molecule has 0 aromatic heterocycles. The highest BCUT2D eigenvalue weighted by Gasteiger charge is 2.22. The average Bonchev–Trinajstić information content (AvgIpc) is 2.87. The zero-order chi connectivity index (χ0) is 13.4. The molecule has 1 fully saturated rings. The molecule has 5 heteroatoms. The highest BCUT2D eigenvalue weighted by molar-refractivity contribution is 5.85. The standard InChI is InChI=1S/C13H24N2O3/c1-10(6-7-16)8-14-12(17)9-15-13(18)11-4-2-3-5-11/h10-11,16H,2-9H2,1H3,(H,14,17)(H,15,18). The van der Waals surface area contributed by atoms with Crippen molar-refractivity contribution in [2.24, 2.45) is 11.8 Å². The molecule has 0 spiro atoms. The monoisotopic (exact) mass is 256 g/mol. The first kappa shape index (κ1) is 15.0. The van der Waals surface area contributed by atoms with E-state index < -0.39 is 0 Å². The van der Waals surface area contributed by atoms with E-state index in [2.05, 4.69) is 10.6 Å². The van der Waals surface area contributed by atoms with E-state index in [9.17, 15) is 9.59 Å². The van der Waals surface area contributed by atoms with E-state index in [4.69, 9.17) is 5.11 Å². The van der Waals surface area contributed by atoms with Gasteiger partial charge in [-0.2, -0.15) is 0 Å². The van der Waals surface area contributed by atoms with Crippen LogP contribution in [0.2, 0.25) is 0 Å². The van der Waals surface area contributed by atoms with E-state index in [1.165, 1.54) is 0 Å². The summed E-state index contributed by atoms with van der Waals surface area (Å²) in [6.45, 7) is 2.70. The van der Waals surface area contributed by atoms with Gasteiger partial charge in [-0.15, -0.1) is 0 Å². The van der Waals surface area contributed by atoms with Crippen molar-refractivity contribution >= 4 is 11.8 Å². The molecule has 1 aliphatic carbocycles. The van der Waals surface area contributed by atoms with E-state index >= 15 is 0 Å². The molecule has 0 heterocycles. The van der Waals surface area contributed by atoms with Gasteiger partial charge in [0.2, 0.25) is 11.8 Å². The molecular weight excluding hydrogens is 232 g/mol. The fourth-order valence-corrected chi connectivity index (χ4v) is 2.17. The normalized spacial score (nSPS) is 17.4. The summed E-state index contributed by atoms with van der Waals surface area (Å²) < 4.78 is 0. The van der Waals surface area contributed by atoms with Gasteiger partial charge in [0.25, 0.3) is 0 Å². The van der Waals surface area contributed by atoms with Crippen LogP contribution in [-0.2, 0) is 9.59 Å². The molecule has 104 valence electrons. The van der Waals surface area contributed by atoms with Crippen LogP contribution in [0.15, 0.2) is 0 Å². The first-order valence-electron chi connectivity index (χ1n) is 6.78. The maximum atomic E-state index is 11.7. The lowest BCUT2D eigenvalue weighted by Crippen LogP contribution is -2.40. The Bertz CT molecular complexity index is 275. The topological polar surface area (TPSA) is 78.4 Å². The van der Waals surface area contributed by atoms with Crippen LogP contribution < -0.4 is 10.6 Å². The SMILES string of the molecule is CC(CCO)CNC(=O)CNC(=O)C1CCCC1. The summed E-state index contributed by atoms with van der Waals surface area (Å²) in [6.07, 6.45) is 4.79. The van der Waals surface area contributed by atoms with E-state index in [1.807, 2.05) is 6.92 Å². The van der Waals surface area contributed by atoms with Crippen molar-refractivity contribution in [1.82, 2.24) is 10.6 Å². The largest absolute Gasteiger partial charge is 0.396 e. The third-order valence-corrected chi connectivity index (χ3v) is 3.42. The third-order valence-electron chi connectivity index (χ3n) is 3.42. The summed E-state index contributed by atoms with van der Waals surface area (Å²) in [6, 6.07) is 0. The van der Waals surface area contributed by atoms with Crippen LogP contribution in [0.3, 0.4) is 0 Å². The number of nitrogens with one attached hydrogen (secondary N) is 2. The molecule has 1 rings (SSSR count). The van der Waals surface area contributed by atoms with Gasteiger partial charge in [0, 0.05) is 19.1 Å². The van der Waals surface area contributed by atoms with Crippen LogP contribution in [0, 0.1) is 11.8 Å². The minimum absolute atomic E-state index is 0.00561. The van der Waals surface area contributed by atoms with Crippen LogP contribution in [0.1, 0.15) is 39.0 Å². The Morgan fingerprint density at radius 1 is 1.28 bits per heavy atom. The molecule has 1 aliphatic rings. The fraction of sp³-hybridized carbons (Fsp3) is 0.846. The molecule has 1 saturated carbocycles. The van der Waals surface area contributed by atoms with Gasteiger partial charge in [-0.1, -0.05) is 19.8 Å². The van der Waals surface area contributed by atoms with Crippen LogP contribution >= 0.6 is 0 Å². The number of rotatable bonds is 7. The quantitative estimate of drug-likeness (QED) is 0.618. The van der Waals surface area contributed by atoms with Gasteiger partial charge < -0.3 is 15.7 Å². The van der Waals surface area contributed by atoms with Crippen LogP contribution in [0.4, 0.5) is 0 Å². The number of amides is 2. The molecule has 5 nitrogen and oxygen atoms in total. The van der Waals surface area contributed by atoms with Gasteiger partial charge in [-0.3, -0.25) is 9.59 Å². The van der Waals surface area contributed by atoms with E-state index in [0.717, 1.165) is 25.7 Å². The summed E-state index contributed by atoms with van der Waals surface area (Å²) in [4.78, 5) is 23.1. The van der Waals surface area contributed by atoms with Gasteiger partial charge >= 0.3 is 0 Å². The number of carbonyl (C=O) groups is 2. The lowest BCUT2D eigenvalue weighted by molar-refractivity contribution is -0.128. The highest BCUT2D eigenvalue weighted by Crippen LogP contribution is 2.24. The van der Waals surface area contributed by atoms with Crippen molar-refractivity contribution in [3.8, 4) is 0 Å². The highest BCUT2D eigenvalue weighted by atomic mass is 16.3. The molecule has 3 N–H and O–H groups in total. The van der Waals surface area contributed by atoms with Gasteiger partial charge in [0.05, 0.1) is 6.54 Å². The van der Waals surface area contributed by atoms with Crippen molar-refractivity contribution < 1.29 is 14.7 Å². The smallest absolute Gasteiger partial charge is 0.239 e. The van der Waals surface area contributed by atoms with Gasteiger partial charge in [0.15, 0.2) is 0 Å². The minimum Gasteiger partial charge on any atom is -0.396 e. The fourth-order valence-electron chi connectivity index (χ4n) is 2.17. The third kappa shape index (κ3) is 5.49. The summed E-state index contributed by atoms with van der Waals surface area (Å²) >= 11 is 0. The second kappa shape index (κ2) is 8.08. The van der Waals surface area contributed by atoms with Crippen LogP contribution in [0.5, 0.6) is 0 Å². The van der Waals surface area contributed by atoms with Crippen molar-refractivity contribution in [3.05, 3.63) is 0 Å². The maximum absolute atomic E-state index is 11.7. The van der Waals surface area contributed by atoms with Crippen molar-refractivity contribution in [2.75, 3.05) is 19.7 Å². The molecule has 0 aliphatic heterocycles. The first-order valence-corrected chi connectivity index (χ1v) is 6.78. The van der Waals surface area contributed by atoms with Gasteiger partial charge in [0.1, 0.15) is 0 Å². The van der Waals surface area contributed by atoms with Gasteiger partial charge in [-0.25, -0.2) is 0 Å². The number of carbonyl (C=O) groups excluding carboxylic acids is 2. The minimum atomic E-state index is -0.161. The zero-order valence-electron chi connectivity index (χ0n) is 11.1. The Morgan fingerprint density at radius 2 is 1.94 bits per heavy atom. The number of hydrogen-bond acceptors (Lipinski definition) is 3. The second-order valence-electron chi connectivity index (χ2n) is 5.12. The molecule has 1 unspecified atom stereocenters. The number of aliphatic hydroxyl groups excluding tert-OH is 1. The van der Waals surface area contributed by atoms with E-state index in [-0.39, 0.29) is 36.8 Å². The van der Waals surface area contributed by atoms with E-state index in [1.54, 1.807) is 0 Å². The Labute approximate surface area is 108 Å². The average molecular weight is 256 g/mol. The molecule has 0 saturated heterocycles. The summed E-state index contributed by atoms with van der Waals surface area (Å²) in [5.41, 5.74) is 0. The molecule has 0 aromatic rings. The van der Waals surface area contributed by atoms with E-state index in [0.29, 0.717) is 13.0 Å². The molecular formula is C13H24N2O3. The molecule has 2 amide bonds. The summed E-state index contributed by atoms with van der Waals surface area (Å²) in [5, 5.41) is 14.2. The van der Waals surface area contributed by atoms with Crippen LogP contribution in [-0.4, -0.2) is 36.6 Å². The van der Waals surface area contributed by atoms with Crippen molar-refractivity contribution in [3.63, 3.8) is 0 Å². The first-order chi connectivity index (χ1) is 8.63. The Balaban J connectivity index is 2.10.